The van der Waals surface area contributed by atoms with Gasteiger partial charge in [-0.1, -0.05) is 31.2 Å². The van der Waals surface area contributed by atoms with Crippen molar-refractivity contribution in [2.24, 2.45) is 0 Å². The number of rotatable bonds is 5. The van der Waals surface area contributed by atoms with Crippen molar-refractivity contribution in [3.8, 4) is 0 Å². The molecule has 0 saturated carbocycles. The van der Waals surface area contributed by atoms with Gasteiger partial charge in [0.25, 0.3) is 5.56 Å². The molecule has 2 aromatic rings. The van der Waals surface area contributed by atoms with Crippen molar-refractivity contribution in [3.05, 3.63) is 61.8 Å². The van der Waals surface area contributed by atoms with E-state index < -0.39 is 11.2 Å². The SMILES string of the molecule is CCCn1c(N)c(C(=O)CN2CCc3ccccc3C2)c(=O)[nH]c1=O. The van der Waals surface area contributed by atoms with Gasteiger partial charge in [0.1, 0.15) is 11.4 Å². The number of ketones is 1. The number of aromatic amines is 1. The first-order valence-corrected chi connectivity index (χ1v) is 8.46. The molecule has 0 radical (unpaired) electrons. The second kappa shape index (κ2) is 7.06. The molecule has 2 heterocycles. The minimum Gasteiger partial charge on any atom is -0.384 e. The number of anilines is 1. The summed E-state index contributed by atoms with van der Waals surface area (Å²) in [5.74, 6) is -0.402. The Morgan fingerprint density at radius 2 is 1.96 bits per heavy atom. The number of nitrogens with zero attached hydrogens (tertiary/aromatic N) is 2. The summed E-state index contributed by atoms with van der Waals surface area (Å²) < 4.78 is 1.25. The maximum absolute atomic E-state index is 12.7. The number of carbonyl (C=O) groups excluding carboxylic acids is 1. The largest absolute Gasteiger partial charge is 0.384 e. The summed E-state index contributed by atoms with van der Waals surface area (Å²) in [6.45, 7) is 3.76. The van der Waals surface area contributed by atoms with Gasteiger partial charge in [-0.3, -0.25) is 24.0 Å². The monoisotopic (exact) mass is 342 g/mol. The Hall–Kier alpha value is -2.67. The van der Waals surface area contributed by atoms with Gasteiger partial charge >= 0.3 is 5.69 Å². The zero-order chi connectivity index (χ0) is 18.0. The fourth-order valence-corrected chi connectivity index (χ4v) is 3.27. The molecule has 0 aliphatic carbocycles. The fourth-order valence-electron chi connectivity index (χ4n) is 3.27. The minimum absolute atomic E-state index is 0.0435. The molecule has 3 rings (SSSR count). The molecule has 132 valence electrons. The second-order valence-electron chi connectivity index (χ2n) is 6.32. The Labute approximate surface area is 145 Å². The molecule has 0 spiro atoms. The van der Waals surface area contributed by atoms with Crippen molar-refractivity contribution in [2.45, 2.75) is 32.9 Å². The standard InChI is InChI=1S/C18H22N4O3/c1-2-8-22-16(19)15(17(24)20-18(22)25)14(23)11-21-9-7-12-5-3-4-6-13(12)10-21/h3-6H,2,7-11,19H2,1H3,(H,20,24,25). The van der Waals surface area contributed by atoms with Crippen LogP contribution in [0.3, 0.4) is 0 Å². The third-order valence-electron chi connectivity index (χ3n) is 4.54. The third kappa shape index (κ3) is 3.41. The smallest absolute Gasteiger partial charge is 0.329 e. The van der Waals surface area contributed by atoms with Crippen LogP contribution in [0.25, 0.3) is 0 Å². The summed E-state index contributed by atoms with van der Waals surface area (Å²) in [4.78, 5) is 40.8. The Morgan fingerprint density at radius 3 is 2.68 bits per heavy atom. The maximum Gasteiger partial charge on any atom is 0.329 e. The van der Waals surface area contributed by atoms with Crippen molar-refractivity contribution in [1.29, 1.82) is 0 Å². The molecular formula is C18H22N4O3. The highest BCUT2D eigenvalue weighted by Crippen LogP contribution is 2.19. The molecule has 25 heavy (non-hydrogen) atoms. The zero-order valence-corrected chi connectivity index (χ0v) is 14.2. The summed E-state index contributed by atoms with van der Waals surface area (Å²) >= 11 is 0. The highest BCUT2D eigenvalue weighted by molar-refractivity contribution is 6.01. The van der Waals surface area contributed by atoms with E-state index in [0.717, 1.165) is 13.0 Å². The lowest BCUT2D eigenvalue weighted by Crippen LogP contribution is -2.40. The van der Waals surface area contributed by atoms with Gasteiger partial charge in [-0.15, -0.1) is 0 Å². The van der Waals surface area contributed by atoms with E-state index in [-0.39, 0.29) is 23.7 Å². The number of nitrogens with two attached hydrogens (primary N) is 1. The normalized spacial score (nSPS) is 14.3. The Kier molecular flexibility index (Phi) is 4.85. The van der Waals surface area contributed by atoms with Crippen LogP contribution in [0, 0.1) is 0 Å². The Balaban J connectivity index is 1.84. The molecule has 0 fully saturated rings. The van der Waals surface area contributed by atoms with Gasteiger partial charge in [0.2, 0.25) is 0 Å². The summed E-state index contributed by atoms with van der Waals surface area (Å²) in [7, 11) is 0. The fraction of sp³-hybridized carbons (Fsp3) is 0.389. The molecule has 7 nitrogen and oxygen atoms in total. The molecule has 0 atom stereocenters. The van der Waals surface area contributed by atoms with E-state index in [1.54, 1.807) is 0 Å². The maximum atomic E-state index is 12.7. The minimum atomic E-state index is -0.711. The summed E-state index contributed by atoms with van der Waals surface area (Å²) in [5.41, 5.74) is 7.04. The quantitative estimate of drug-likeness (QED) is 0.782. The molecule has 0 unspecified atom stereocenters. The van der Waals surface area contributed by atoms with Crippen molar-refractivity contribution in [3.63, 3.8) is 0 Å². The third-order valence-corrected chi connectivity index (χ3v) is 4.54. The highest BCUT2D eigenvalue weighted by atomic mass is 16.2. The van der Waals surface area contributed by atoms with Crippen LogP contribution in [0.15, 0.2) is 33.9 Å². The molecular weight excluding hydrogens is 320 g/mol. The summed E-state index contributed by atoms with van der Waals surface area (Å²) in [6.07, 6.45) is 1.54. The van der Waals surface area contributed by atoms with Crippen LogP contribution < -0.4 is 17.0 Å². The highest BCUT2D eigenvalue weighted by Gasteiger charge is 2.23. The number of carbonyl (C=O) groups is 1. The van der Waals surface area contributed by atoms with Gasteiger partial charge in [0, 0.05) is 19.6 Å². The van der Waals surface area contributed by atoms with E-state index in [1.165, 1.54) is 15.7 Å². The lowest BCUT2D eigenvalue weighted by Gasteiger charge is -2.28. The van der Waals surface area contributed by atoms with Gasteiger partial charge in [0.15, 0.2) is 5.78 Å². The molecule has 0 amide bonds. The van der Waals surface area contributed by atoms with Crippen LogP contribution in [-0.4, -0.2) is 33.3 Å². The Morgan fingerprint density at radius 1 is 1.24 bits per heavy atom. The molecule has 7 heteroatoms. The molecule has 0 bridgehead atoms. The van der Waals surface area contributed by atoms with Gasteiger partial charge in [-0.2, -0.15) is 0 Å². The number of hydrogen-bond donors (Lipinski definition) is 2. The molecule has 0 saturated heterocycles. The number of nitrogen functional groups attached to an aromatic ring is 1. The van der Waals surface area contributed by atoms with Crippen LogP contribution in [0.4, 0.5) is 5.82 Å². The predicted molar refractivity (Wildman–Crippen MR) is 95.8 cm³/mol. The van der Waals surface area contributed by atoms with E-state index in [0.29, 0.717) is 19.5 Å². The van der Waals surface area contributed by atoms with Crippen LogP contribution in [-0.2, 0) is 19.5 Å². The van der Waals surface area contributed by atoms with Gasteiger partial charge < -0.3 is 5.73 Å². The molecule has 1 aromatic carbocycles. The number of H-pyrrole nitrogens is 1. The van der Waals surface area contributed by atoms with Crippen LogP contribution in [0.1, 0.15) is 34.8 Å². The topological polar surface area (TPSA) is 101 Å². The predicted octanol–water partition coefficient (Wildman–Crippen LogP) is 0.770. The lowest BCUT2D eigenvalue weighted by molar-refractivity contribution is 0.0920. The van der Waals surface area contributed by atoms with E-state index >= 15 is 0 Å². The molecule has 1 aliphatic rings. The number of aromatic nitrogens is 2. The number of hydrogen-bond acceptors (Lipinski definition) is 5. The summed E-state index contributed by atoms with van der Waals surface area (Å²) in [6, 6.07) is 8.14. The second-order valence-corrected chi connectivity index (χ2v) is 6.32. The van der Waals surface area contributed by atoms with Gasteiger partial charge in [-0.25, -0.2) is 4.79 Å². The van der Waals surface area contributed by atoms with Crippen molar-refractivity contribution >= 4 is 11.6 Å². The first-order chi connectivity index (χ1) is 12.0. The zero-order valence-electron chi connectivity index (χ0n) is 14.2. The van der Waals surface area contributed by atoms with Crippen LogP contribution >= 0.6 is 0 Å². The van der Waals surface area contributed by atoms with Crippen molar-refractivity contribution in [1.82, 2.24) is 14.5 Å². The first kappa shape index (κ1) is 17.2. The number of nitrogens with one attached hydrogen (secondary N) is 1. The molecule has 1 aromatic heterocycles. The average molecular weight is 342 g/mol. The molecule has 1 aliphatic heterocycles. The van der Waals surface area contributed by atoms with Gasteiger partial charge in [0.05, 0.1) is 6.54 Å². The van der Waals surface area contributed by atoms with E-state index in [1.807, 2.05) is 24.0 Å². The first-order valence-electron chi connectivity index (χ1n) is 8.46. The number of benzene rings is 1. The number of Topliss-reactive ketones (excluding diaryl/α,β-unsaturated/α-hetero) is 1. The average Bonchev–Trinajstić information content (AvgIpc) is 2.58. The van der Waals surface area contributed by atoms with E-state index in [2.05, 4.69) is 17.1 Å². The van der Waals surface area contributed by atoms with E-state index in [4.69, 9.17) is 5.73 Å². The molecule has 3 N–H and O–H groups in total. The van der Waals surface area contributed by atoms with Crippen LogP contribution in [0.5, 0.6) is 0 Å². The van der Waals surface area contributed by atoms with Crippen molar-refractivity contribution in [2.75, 3.05) is 18.8 Å². The van der Waals surface area contributed by atoms with E-state index in [9.17, 15) is 14.4 Å². The number of fused-ring (bicyclic) bond motifs is 1. The van der Waals surface area contributed by atoms with Crippen LogP contribution in [0.2, 0.25) is 0 Å². The Bertz CT molecular complexity index is 913. The van der Waals surface area contributed by atoms with Gasteiger partial charge in [-0.05, 0) is 24.0 Å². The summed E-state index contributed by atoms with van der Waals surface area (Å²) in [5, 5.41) is 0. The lowest BCUT2D eigenvalue weighted by atomic mass is 9.99. The van der Waals surface area contributed by atoms with Crippen molar-refractivity contribution < 1.29 is 4.79 Å².